The van der Waals surface area contributed by atoms with Gasteiger partial charge in [-0.05, 0) is 41.9 Å². The third-order valence-electron chi connectivity index (χ3n) is 2.26. The Morgan fingerprint density at radius 2 is 2.00 bits per heavy atom. The van der Waals surface area contributed by atoms with Crippen molar-refractivity contribution in [2.24, 2.45) is 0 Å². The molecule has 110 valence electrons. The van der Waals surface area contributed by atoms with Crippen LogP contribution in [-0.2, 0) is 0 Å². The first-order valence-corrected chi connectivity index (χ1v) is 7.24. The number of halogens is 1. The summed E-state index contributed by atoms with van der Waals surface area (Å²) >= 11 is 7.04. The summed E-state index contributed by atoms with van der Waals surface area (Å²) in [5, 5.41) is 11.0. The molecule has 9 heteroatoms. The molecule has 2 aromatic rings. The van der Waals surface area contributed by atoms with Crippen LogP contribution in [0.15, 0.2) is 34.3 Å². The van der Waals surface area contributed by atoms with E-state index < -0.39 is 4.92 Å². The molecule has 0 atom stereocenters. The smallest absolute Gasteiger partial charge is 0.321 e. The highest BCUT2D eigenvalue weighted by Gasteiger charge is 2.09. The number of rotatable bonds is 6. The van der Waals surface area contributed by atoms with E-state index in [0.717, 1.165) is 11.3 Å². The Morgan fingerprint density at radius 3 is 2.62 bits per heavy atom. The number of ether oxygens (including phenoxy) is 1. The summed E-state index contributed by atoms with van der Waals surface area (Å²) in [6.45, 7) is 2.46. The third kappa shape index (κ3) is 4.54. The quantitative estimate of drug-likeness (QED) is 0.593. The molecule has 0 bridgehead atoms. The second kappa shape index (κ2) is 7.19. The minimum atomic E-state index is -0.453. The number of hydrogen-bond acceptors (Lipinski definition) is 7. The van der Waals surface area contributed by atoms with Crippen molar-refractivity contribution in [1.82, 2.24) is 15.0 Å². The fourth-order valence-electron chi connectivity index (χ4n) is 1.36. The number of nitrogens with zero attached hydrogens (tertiary/aromatic N) is 4. The highest BCUT2D eigenvalue weighted by molar-refractivity contribution is 7.99. The molecule has 0 aliphatic heterocycles. The van der Waals surface area contributed by atoms with Gasteiger partial charge < -0.3 is 4.74 Å². The minimum Gasteiger partial charge on any atom is -0.463 e. The van der Waals surface area contributed by atoms with Crippen LogP contribution < -0.4 is 4.74 Å². The van der Waals surface area contributed by atoms with Gasteiger partial charge in [-0.2, -0.15) is 15.0 Å². The van der Waals surface area contributed by atoms with Gasteiger partial charge >= 0.3 is 6.01 Å². The Kier molecular flexibility index (Phi) is 5.29. The predicted octanol–water partition coefficient (Wildman–Crippen LogP) is 3.37. The highest BCUT2D eigenvalue weighted by atomic mass is 35.5. The summed E-state index contributed by atoms with van der Waals surface area (Å²) in [4.78, 5) is 22.9. The summed E-state index contributed by atoms with van der Waals surface area (Å²) < 4.78 is 5.32. The summed E-state index contributed by atoms with van der Waals surface area (Å²) in [6.07, 6.45) is 0.828. The Hall–Kier alpha value is -1.93. The largest absolute Gasteiger partial charge is 0.463 e. The van der Waals surface area contributed by atoms with E-state index in [-0.39, 0.29) is 17.0 Å². The topological polar surface area (TPSA) is 91.0 Å². The first-order valence-electron chi connectivity index (χ1n) is 6.05. The highest BCUT2D eigenvalue weighted by Crippen LogP contribution is 2.27. The van der Waals surface area contributed by atoms with Gasteiger partial charge in [0.1, 0.15) is 0 Å². The summed E-state index contributed by atoms with van der Waals surface area (Å²) in [5.74, 6) is 0. The lowest BCUT2D eigenvalue weighted by Crippen LogP contribution is -2.02. The molecule has 1 heterocycles. The van der Waals surface area contributed by atoms with Crippen LogP contribution in [0.25, 0.3) is 0 Å². The van der Waals surface area contributed by atoms with Crippen LogP contribution in [0.5, 0.6) is 6.01 Å². The fourth-order valence-corrected chi connectivity index (χ4v) is 2.30. The summed E-state index contributed by atoms with van der Waals surface area (Å²) in [6, 6.07) is 6.24. The van der Waals surface area contributed by atoms with Crippen LogP contribution in [0.4, 0.5) is 5.69 Å². The molecule has 0 aliphatic rings. The molecule has 2 rings (SSSR count). The third-order valence-corrected chi connectivity index (χ3v) is 3.30. The van der Waals surface area contributed by atoms with Gasteiger partial charge in [0.15, 0.2) is 5.16 Å². The Morgan fingerprint density at radius 1 is 1.29 bits per heavy atom. The molecule has 1 aromatic carbocycles. The second-order valence-corrected chi connectivity index (χ2v) is 5.25. The molecule has 0 unspecified atom stereocenters. The van der Waals surface area contributed by atoms with Crippen LogP contribution in [-0.4, -0.2) is 26.5 Å². The molecule has 0 fully saturated rings. The van der Waals surface area contributed by atoms with E-state index in [1.807, 2.05) is 6.92 Å². The summed E-state index contributed by atoms with van der Waals surface area (Å²) in [5.41, 5.74) is 0.0278. The first-order chi connectivity index (χ1) is 10.1. The monoisotopic (exact) mass is 326 g/mol. The van der Waals surface area contributed by atoms with Crippen LogP contribution in [0.3, 0.4) is 0 Å². The van der Waals surface area contributed by atoms with E-state index in [1.54, 1.807) is 12.1 Å². The first kappa shape index (κ1) is 15.5. The van der Waals surface area contributed by atoms with Gasteiger partial charge in [0.2, 0.25) is 5.28 Å². The zero-order valence-electron chi connectivity index (χ0n) is 11.0. The molecule has 0 radical (unpaired) electrons. The standard InChI is InChI=1S/C12H11ClN4O3S/c1-2-7-20-11-14-10(13)15-12(16-11)21-9-5-3-8(4-6-9)17(18)19/h3-6H,2,7H2,1H3. The van der Waals surface area contributed by atoms with E-state index in [2.05, 4.69) is 15.0 Å². The van der Waals surface area contributed by atoms with Crippen LogP contribution in [0.2, 0.25) is 5.28 Å². The average Bonchev–Trinajstić information content (AvgIpc) is 2.45. The van der Waals surface area contributed by atoms with E-state index in [1.165, 1.54) is 23.9 Å². The van der Waals surface area contributed by atoms with Crippen LogP contribution >= 0.6 is 23.4 Å². The fraction of sp³-hybridized carbons (Fsp3) is 0.250. The second-order valence-electron chi connectivity index (χ2n) is 3.87. The number of non-ortho nitro benzene ring substituents is 1. The Bertz CT molecular complexity index is 639. The zero-order chi connectivity index (χ0) is 15.2. The van der Waals surface area contributed by atoms with Crippen molar-refractivity contribution < 1.29 is 9.66 Å². The van der Waals surface area contributed by atoms with Gasteiger partial charge in [-0.3, -0.25) is 10.1 Å². The molecule has 0 saturated heterocycles. The van der Waals surface area contributed by atoms with Crippen molar-refractivity contribution in [3.05, 3.63) is 39.7 Å². The molecule has 0 N–H and O–H groups in total. The van der Waals surface area contributed by atoms with E-state index in [4.69, 9.17) is 16.3 Å². The minimum absolute atomic E-state index is 0.0278. The van der Waals surface area contributed by atoms with Gasteiger partial charge in [-0.15, -0.1) is 0 Å². The van der Waals surface area contributed by atoms with E-state index in [0.29, 0.717) is 11.8 Å². The van der Waals surface area contributed by atoms with Crippen LogP contribution in [0.1, 0.15) is 13.3 Å². The van der Waals surface area contributed by atoms with Crippen molar-refractivity contribution in [1.29, 1.82) is 0 Å². The molecule has 0 aliphatic carbocycles. The number of benzene rings is 1. The lowest BCUT2D eigenvalue weighted by atomic mass is 10.3. The SMILES string of the molecule is CCCOc1nc(Cl)nc(Sc2ccc([N+](=O)[O-])cc2)n1. The maximum Gasteiger partial charge on any atom is 0.321 e. The summed E-state index contributed by atoms with van der Waals surface area (Å²) in [7, 11) is 0. The van der Waals surface area contributed by atoms with Gasteiger partial charge in [0, 0.05) is 17.0 Å². The maximum atomic E-state index is 10.6. The number of hydrogen-bond donors (Lipinski definition) is 0. The number of aromatic nitrogens is 3. The molecular formula is C12H11ClN4O3S. The zero-order valence-corrected chi connectivity index (χ0v) is 12.6. The average molecular weight is 327 g/mol. The molecule has 21 heavy (non-hydrogen) atoms. The number of nitro groups is 1. The van der Waals surface area contributed by atoms with Gasteiger partial charge in [0.05, 0.1) is 11.5 Å². The normalized spacial score (nSPS) is 10.4. The van der Waals surface area contributed by atoms with Gasteiger partial charge in [-0.25, -0.2) is 0 Å². The molecular weight excluding hydrogens is 316 g/mol. The lowest BCUT2D eigenvalue weighted by Gasteiger charge is -2.04. The van der Waals surface area contributed by atoms with Crippen molar-refractivity contribution in [2.75, 3.05) is 6.61 Å². The number of nitro benzene ring substituents is 1. The predicted molar refractivity (Wildman–Crippen MR) is 77.8 cm³/mol. The molecule has 0 saturated carbocycles. The van der Waals surface area contributed by atoms with Crippen molar-refractivity contribution in [3.63, 3.8) is 0 Å². The Balaban J connectivity index is 2.14. The molecule has 7 nitrogen and oxygen atoms in total. The van der Waals surface area contributed by atoms with E-state index in [9.17, 15) is 10.1 Å². The van der Waals surface area contributed by atoms with Crippen molar-refractivity contribution >= 4 is 29.1 Å². The lowest BCUT2D eigenvalue weighted by molar-refractivity contribution is -0.384. The van der Waals surface area contributed by atoms with Crippen molar-refractivity contribution in [2.45, 2.75) is 23.4 Å². The Labute approximate surface area is 129 Å². The molecule has 1 aromatic heterocycles. The van der Waals surface area contributed by atoms with Crippen molar-refractivity contribution in [3.8, 4) is 6.01 Å². The molecule has 0 amide bonds. The van der Waals surface area contributed by atoms with Gasteiger partial charge in [0.25, 0.3) is 5.69 Å². The molecule has 0 spiro atoms. The maximum absolute atomic E-state index is 10.6. The van der Waals surface area contributed by atoms with Crippen LogP contribution in [0, 0.1) is 10.1 Å². The van der Waals surface area contributed by atoms with Gasteiger partial charge in [-0.1, -0.05) is 6.92 Å². The van der Waals surface area contributed by atoms with E-state index >= 15 is 0 Å².